The van der Waals surface area contributed by atoms with Gasteiger partial charge in [-0.2, -0.15) is 0 Å². The first-order chi connectivity index (χ1) is 9.08. The lowest BCUT2D eigenvalue weighted by Gasteiger charge is -2.34. The Kier molecular flexibility index (Phi) is 4.74. The standard InChI is InChI=1S/C14H23N3O2/c1-10-6-13(18-3)7-12(16-10)8-17-4-5-19-14(9-17)11(2)15/h6-7,11,14H,4-5,8-9,15H2,1-3H3. The molecule has 5 heteroatoms. The van der Waals surface area contributed by atoms with Gasteiger partial charge < -0.3 is 15.2 Å². The second-order valence-corrected chi connectivity index (χ2v) is 5.14. The number of methoxy groups -OCH3 is 1. The van der Waals surface area contributed by atoms with Crippen LogP contribution in [0.4, 0.5) is 0 Å². The van der Waals surface area contributed by atoms with E-state index in [1.165, 1.54) is 0 Å². The first-order valence-corrected chi connectivity index (χ1v) is 6.69. The van der Waals surface area contributed by atoms with Gasteiger partial charge in [0.15, 0.2) is 0 Å². The molecule has 0 aromatic carbocycles. The van der Waals surface area contributed by atoms with E-state index in [0.717, 1.165) is 43.4 Å². The number of nitrogens with two attached hydrogens (primary N) is 1. The van der Waals surface area contributed by atoms with Gasteiger partial charge in [-0.05, 0) is 13.8 Å². The molecule has 19 heavy (non-hydrogen) atoms. The van der Waals surface area contributed by atoms with Gasteiger partial charge in [0.1, 0.15) is 5.75 Å². The van der Waals surface area contributed by atoms with Crippen molar-refractivity contribution in [3.8, 4) is 5.75 Å². The molecule has 0 saturated carbocycles. The average molecular weight is 265 g/mol. The highest BCUT2D eigenvalue weighted by Gasteiger charge is 2.23. The van der Waals surface area contributed by atoms with Gasteiger partial charge >= 0.3 is 0 Å². The highest BCUT2D eigenvalue weighted by Crippen LogP contribution is 2.16. The molecule has 5 nitrogen and oxygen atoms in total. The maximum Gasteiger partial charge on any atom is 0.122 e. The average Bonchev–Trinajstić information content (AvgIpc) is 2.38. The number of aryl methyl sites for hydroxylation is 1. The van der Waals surface area contributed by atoms with Crippen LogP contribution in [0.2, 0.25) is 0 Å². The third-order valence-electron chi connectivity index (χ3n) is 3.37. The van der Waals surface area contributed by atoms with Gasteiger partial charge in [-0.25, -0.2) is 0 Å². The minimum atomic E-state index is 0.0582. The minimum Gasteiger partial charge on any atom is -0.497 e. The molecule has 0 aliphatic carbocycles. The molecule has 1 aliphatic heterocycles. The second kappa shape index (κ2) is 6.32. The zero-order chi connectivity index (χ0) is 13.8. The summed E-state index contributed by atoms with van der Waals surface area (Å²) in [5, 5.41) is 0. The Morgan fingerprint density at radius 2 is 2.37 bits per heavy atom. The molecule has 2 rings (SSSR count). The number of aromatic nitrogens is 1. The molecule has 1 fully saturated rings. The van der Waals surface area contributed by atoms with E-state index >= 15 is 0 Å². The molecule has 1 aromatic rings. The van der Waals surface area contributed by atoms with Crippen molar-refractivity contribution >= 4 is 0 Å². The minimum absolute atomic E-state index is 0.0582. The molecule has 106 valence electrons. The molecule has 0 bridgehead atoms. The van der Waals surface area contributed by atoms with E-state index in [0.29, 0.717) is 0 Å². The summed E-state index contributed by atoms with van der Waals surface area (Å²) in [6.45, 7) is 7.29. The highest BCUT2D eigenvalue weighted by molar-refractivity contribution is 5.26. The van der Waals surface area contributed by atoms with Crippen LogP contribution in [-0.4, -0.2) is 48.8 Å². The first-order valence-electron chi connectivity index (χ1n) is 6.69. The molecule has 0 amide bonds. The Hall–Kier alpha value is -1.17. The van der Waals surface area contributed by atoms with Gasteiger partial charge in [-0.15, -0.1) is 0 Å². The van der Waals surface area contributed by atoms with Crippen LogP contribution in [0, 0.1) is 6.92 Å². The summed E-state index contributed by atoms with van der Waals surface area (Å²) < 4.78 is 10.9. The van der Waals surface area contributed by atoms with Gasteiger partial charge in [0.2, 0.25) is 0 Å². The smallest absolute Gasteiger partial charge is 0.122 e. The van der Waals surface area contributed by atoms with E-state index in [1.807, 2.05) is 26.0 Å². The molecule has 2 unspecified atom stereocenters. The molecule has 2 N–H and O–H groups in total. The Morgan fingerprint density at radius 3 is 3.05 bits per heavy atom. The molecule has 2 heterocycles. The summed E-state index contributed by atoms with van der Waals surface area (Å²) in [7, 11) is 1.68. The highest BCUT2D eigenvalue weighted by atomic mass is 16.5. The fourth-order valence-electron chi connectivity index (χ4n) is 2.32. The molecule has 2 atom stereocenters. The Bertz CT molecular complexity index is 423. The molecular formula is C14H23N3O2. The van der Waals surface area contributed by atoms with Crippen LogP contribution < -0.4 is 10.5 Å². The monoisotopic (exact) mass is 265 g/mol. The zero-order valence-electron chi connectivity index (χ0n) is 11.9. The maximum atomic E-state index is 5.91. The fraction of sp³-hybridized carbons (Fsp3) is 0.643. The summed E-state index contributed by atoms with van der Waals surface area (Å²) in [4.78, 5) is 6.88. The van der Waals surface area contributed by atoms with Gasteiger partial charge in [0.05, 0.1) is 25.5 Å². The van der Waals surface area contributed by atoms with Crippen LogP contribution in [0.15, 0.2) is 12.1 Å². The fourth-order valence-corrected chi connectivity index (χ4v) is 2.32. The van der Waals surface area contributed by atoms with E-state index in [9.17, 15) is 0 Å². The molecule has 1 aliphatic rings. The number of ether oxygens (including phenoxy) is 2. The van der Waals surface area contributed by atoms with Crippen molar-refractivity contribution in [2.75, 3.05) is 26.8 Å². The van der Waals surface area contributed by atoms with Crippen LogP contribution in [0.1, 0.15) is 18.3 Å². The van der Waals surface area contributed by atoms with Gasteiger partial charge in [0, 0.05) is 43.5 Å². The Morgan fingerprint density at radius 1 is 1.58 bits per heavy atom. The zero-order valence-corrected chi connectivity index (χ0v) is 11.9. The summed E-state index contributed by atoms with van der Waals surface area (Å²) in [5.41, 5.74) is 7.91. The van der Waals surface area contributed by atoms with Crippen molar-refractivity contribution in [1.29, 1.82) is 0 Å². The van der Waals surface area contributed by atoms with Gasteiger partial charge in [-0.3, -0.25) is 9.88 Å². The topological polar surface area (TPSA) is 60.6 Å². The lowest BCUT2D eigenvalue weighted by atomic mass is 10.1. The van der Waals surface area contributed by atoms with Crippen LogP contribution in [0.3, 0.4) is 0 Å². The summed E-state index contributed by atoms with van der Waals surface area (Å²) in [6, 6.07) is 3.99. The number of morpholine rings is 1. The molecule has 0 spiro atoms. The lowest BCUT2D eigenvalue weighted by Crippen LogP contribution is -2.49. The Balaban J connectivity index is 2.02. The molecule has 0 radical (unpaired) electrons. The van der Waals surface area contributed by atoms with Crippen molar-refractivity contribution < 1.29 is 9.47 Å². The quantitative estimate of drug-likeness (QED) is 0.878. The summed E-state index contributed by atoms with van der Waals surface area (Å²) in [5.74, 6) is 0.861. The molecule has 1 aromatic heterocycles. The second-order valence-electron chi connectivity index (χ2n) is 5.14. The molecule has 1 saturated heterocycles. The SMILES string of the molecule is COc1cc(C)nc(CN2CCOC(C(C)N)C2)c1. The lowest BCUT2D eigenvalue weighted by molar-refractivity contribution is -0.0407. The summed E-state index contributed by atoms with van der Waals surface area (Å²) >= 11 is 0. The third kappa shape index (κ3) is 3.89. The van der Waals surface area contributed by atoms with Crippen LogP contribution in [0.25, 0.3) is 0 Å². The predicted octanol–water partition coefficient (Wildman–Crippen LogP) is 0.947. The van der Waals surface area contributed by atoms with Crippen molar-refractivity contribution in [2.24, 2.45) is 5.73 Å². The van der Waals surface area contributed by atoms with E-state index in [4.69, 9.17) is 15.2 Å². The van der Waals surface area contributed by atoms with E-state index in [-0.39, 0.29) is 12.1 Å². The van der Waals surface area contributed by atoms with E-state index < -0.39 is 0 Å². The van der Waals surface area contributed by atoms with Gasteiger partial charge in [-0.1, -0.05) is 0 Å². The first kappa shape index (κ1) is 14.2. The third-order valence-corrected chi connectivity index (χ3v) is 3.37. The van der Waals surface area contributed by atoms with Crippen molar-refractivity contribution in [2.45, 2.75) is 32.5 Å². The van der Waals surface area contributed by atoms with Crippen molar-refractivity contribution in [1.82, 2.24) is 9.88 Å². The maximum absolute atomic E-state index is 5.91. The molecular weight excluding hydrogens is 242 g/mol. The van der Waals surface area contributed by atoms with Crippen molar-refractivity contribution in [3.05, 3.63) is 23.5 Å². The Labute approximate surface area is 114 Å². The number of nitrogens with zero attached hydrogens (tertiary/aromatic N) is 2. The van der Waals surface area contributed by atoms with Gasteiger partial charge in [0.25, 0.3) is 0 Å². The number of rotatable bonds is 4. The largest absolute Gasteiger partial charge is 0.497 e. The number of hydrogen-bond donors (Lipinski definition) is 1. The van der Waals surface area contributed by atoms with Crippen LogP contribution in [-0.2, 0) is 11.3 Å². The van der Waals surface area contributed by atoms with Crippen LogP contribution in [0.5, 0.6) is 5.75 Å². The normalized spacial score (nSPS) is 22.2. The van der Waals surface area contributed by atoms with E-state index in [2.05, 4.69) is 9.88 Å². The van der Waals surface area contributed by atoms with E-state index in [1.54, 1.807) is 7.11 Å². The number of pyridine rings is 1. The number of hydrogen-bond acceptors (Lipinski definition) is 5. The predicted molar refractivity (Wildman–Crippen MR) is 74.2 cm³/mol. The summed E-state index contributed by atoms with van der Waals surface area (Å²) in [6.07, 6.45) is 0.112. The van der Waals surface area contributed by atoms with Crippen LogP contribution >= 0.6 is 0 Å². The van der Waals surface area contributed by atoms with Crippen molar-refractivity contribution in [3.63, 3.8) is 0 Å².